The maximum atomic E-state index is 12.2. The summed E-state index contributed by atoms with van der Waals surface area (Å²) in [6.45, 7) is 8.32. The number of benzene rings is 1. The Morgan fingerprint density at radius 2 is 2.29 bits per heavy atom. The second-order valence-corrected chi connectivity index (χ2v) is 5.38. The minimum Gasteiger partial charge on any atom is -0.388 e. The lowest BCUT2D eigenvalue weighted by Gasteiger charge is -2.32. The van der Waals surface area contributed by atoms with Crippen molar-refractivity contribution in [3.63, 3.8) is 0 Å². The Morgan fingerprint density at radius 1 is 1.48 bits per heavy atom. The van der Waals surface area contributed by atoms with E-state index < -0.39 is 0 Å². The molecule has 1 heterocycles. The molecule has 5 heteroatoms. The van der Waals surface area contributed by atoms with Crippen molar-refractivity contribution in [1.82, 2.24) is 10.2 Å². The first-order valence-electron chi connectivity index (χ1n) is 7.54. The molecule has 0 spiro atoms. The van der Waals surface area contributed by atoms with Gasteiger partial charge in [0, 0.05) is 37.9 Å². The quantitative estimate of drug-likeness (QED) is 0.863. The van der Waals surface area contributed by atoms with Gasteiger partial charge in [-0.05, 0) is 37.2 Å². The minimum absolute atomic E-state index is 0.0435. The summed E-state index contributed by atoms with van der Waals surface area (Å²) in [5.41, 5.74) is 2.80. The number of rotatable bonds is 5. The number of ether oxygens (including phenoxy) is 1. The fourth-order valence-corrected chi connectivity index (χ4v) is 2.59. The Bertz CT molecular complexity index is 490. The Labute approximate surface area is 126 Å². The van der Waals surface area contributed by atoms with E-state index in [0.29, 0.717) is 12.1 Å². The number of likely N-dealkylation sites (N-methyl/N-ethyl adjacent to an activating group) is 1. The number of anilines is 1. The topological polar surface area (TPSA) is 53.6 Å². The second-order valence-electron chi connectivity index (χ2n) is 5.38. The van der Waals surface area contributed by atoms with Gasteiger partial charge in [0.05, 0.1) is 12.7 Å². The standard InChI is InChI=1S/C16H25N3O2/c1-4-19-7-8-21-14(11-19)10-18-16(20)13-5-6-15(17-3)12(2)9-13/h5-6,9,14,17H,4,7-8,10-11H2,1-3H3,(H,18,20). The predicted molar refractivity (Wildman–Crippen MR) is 84.9 cm³/mol. The molecule has 5 nitrogen and oxygen atoms in total. The van der Waals surface area contributed by atoms with Crippen molar-refractivity contribution in [3.05, 3.63) is 29.3 Å². The first-order chi connectivity index (χ1) is 10.1. The number of amides is 1. The van der Waals surface area contributed by atoms with Crippen LogP contribution in [0, 0.1) is 6.92 Å². The molecule has 2 rings (SSSR count). The molecule has 2 N–H and O–H groups in total. The van der Waals surface area contributed by atoms with E-state index in [4.69, 9.17) is 4.74 Å². The largest absolute Gasteiger partial charge is 0.388 e. The van der Waals surface area contributed by atoms with Gasteiger partial charge in [-0.25, -0.2) is 0 Å². The fourth-order valence-electron chi connectivity index (χ4n) is 2.59. The molecule has 0 aliphatic carbocycles. The summed E-state index contributed by atoms with van der Waals surface area (Å²) in [6, 6.07) is 5.68. The fraction of sp³-hybridized carbons (Fsp3) is 0.562. The number of carbonyl (C=O) groups excluding carboxylic acids is 1. The van der Waals surface area contributed by atoms with Crippen LogP contribution in [0.5, 0.6) is 0 Å². The summed E-state index contributed by atoms with van der Waals surface area (Å²) in [6.07, 6.45) is 0.0836. The monoisotopic (exact) mass is 291 g/mol. The van der Waals surface area contributed by atoms with E-state index in [1.54, 1.807) is 0 Å². The zero-order valence-corrected chi connectivity index (χ0v) is 13.1. The molecule has 0 radical (unpaired) electrons. The average Bonchev–Trinajstić information content (AvgIpc) is 2.52. The number of aryl methyl sites for hydroxylation is 1. The highest BCUT2D eigenvalue weighted by Gasteiger charge is 2.20. The normalized spacial score (nSPS) is 19.3. The smallest absolute Gasteiger partial charge is 0.251 e. The van der Waals surface area contributed by atoms with Crippen LogP contribution >= 0.6 is 0 Å². The molecule has 1 unspecified atom stereocenters. The van der Waals surface area contributed by atoms with Gasteiger partial charge < -0.3 is 15.4 Å². The van der Waals surface area contributed by atoms with Crippen LogP contribution in [0.25, 0.3) is 0 Å². The molecule has 1 fully saturated rings. The third-order valence-electron chi connectivity index (χ3n) is 3.92. The Balaban J connectivity index is 1.88. The zero-order chi connectivity index (χ0) is 15.2. The van der Waals surface area contributed by atoms with E-state index in [1.807, 2.05) is 32.2 Å². The Hall–Kier alpha value is -1.59. The van der Waals surface area contributed by atoms with Gasteiger partial charge in [0.15, 0.2) is 0 Å². The number of hydrogen-bond acceptors (Lipinski definition) is 4. The van der Waals surface area contributed by atoms with Gasteiger partial charge in [-0.2, -0.15) is 0 Å². The molecular weight excluding hydrogens is 266 g/mol. The van der Waals surface area contributed by atoms with Gasteiger partial charge in [-0.3, -0.25) is 9.69 Å². The van der Waals surface area contributed by atoms with Crippen molar-refractivity contribution in [1.29, 1.82) is 0 Å². The molecule has 0 bridgehead atoms. The summed E-state index contributed by atoms with van der Waals surface area (Å²) in [5.74, 6) is -0.0435. The first-order valence-corrected chi connectivity index (χ1v) is 7.54. The molecule has 1 aliphatic rings. The summed E-state index contributed by atoms with van der Waals surface area (Å²) in [7, 11) is 1.88. The molecule has 1 aromatic carbocycles. The Morgan fingerprint density at radius 3 is 2.95 bits per heavy atom. The van der Waals surface area contributed by atoms with Crippen molar-refractivity contribution in [3.8, 4) is 0 Å². The summed E-state index contributed by atoms with van der Waals surface area (Å²) in [5, 5.41) is 6.07. The van der Waals surface area contributed by atoms with Crippen molar-refractivity contribution in [2.45, 2.75) is 20.0 Å². The highest BCUT2D eigenvalue weighted by atomic mass is 16.5. The summed E-state index contributed by atoms with van der Waals surface area (Å²) >= 11 is 0. The lowest BCUT2D eigenvalue weighted by atomic mass is 10.1. The number of carbonyl (C=O) groups is 1. The molecule has 1 saturated heterocycles. The molecule has 21 heavy (non-hydrogen) atoms. The molecule has 0 saturated carbocycles. The third-order valence-corrected chi connectivity index (χ3v) is 3.92. The van der Waals surface area contributed by atoms with Crippen LogP contribution in [0.4, 0.5) is 5.69 Å². The van der Waals surface area contributed by atoms with E-state index in [0.717, 1.165) is 37.5 Å². The van der Waals surface area contributed by atoms with E-state index in [2.05, 4.69) is 22.5 Å². The highest BCUT2D eigenvalue weighted by molar-refractivity contribution is 5.94. The van der Waals surface area contributed by atoms with Crippen molar-refractivity contribution < 1.29 is 9.53 Å². The van der Waals surface area contributed by atoms with Crippen molar-refractivity contribution in [2.24, 2.45) is 0 Å². The van der Waals surface area contributed by atoms with Crippen LogP contribution in [0.3, 0.4) is 0 Å². The second kappa shape index (κ2) is 7.43. The number of morpholine rings is 1. The van der Waals surface area contributed by atoms with Gasteiger partial charge >= 0.3 is 0 Å². The third kappa shape index (κ3) is 4.19. The number of nitrogens with zero attached hydrogens (tertiary/aromatic N) is 1. The lowest BCUT2D eigenvalue weighted by Crippen LogP contribution is -2.47. The molecule has 116 valence electrons. The average molecular weight is 291 g/mol. The molecule has 1 amide bonds. The lowest BCUT2D eigenvalue weighted by molar-refractivity contribution is -0.0246. The molecular formula is C16H25N3O2. The van der Waals surface area contributed by atoms with Crippen LogP contribution < -0.4 is 10.6 Å². The van der Waals surface area contributed by atoms with E-state index >= 15 is 0 Å². The van der Waals surface area contributed by atoms with E-state index in [9.17, 15) is 4.79 Å². The van der Waals surface area contributed by atoms with Gasteiger partial charge in [-0.1, -0.05) is 6.92 Å². The van der Waals surface area contributed by atoms with E-state index in [1.165, 1.54) is 0 Å². The van der Waals surface area contributed by atoms with Crippen LogP contribution in [0.2, 0.25) is 0 Å². The van der Waals surface area contributed by atoms with Gasteiger partial charge in [0.25, 0.3) is 5.91 Å². The van der Waals surface area contributed by atoms with Gasteiger partial charge in [0.1, 0.15) is 0 Å². The maximum Gasteiger partial charge on any atom is 0.251 e. The van der Waals surface area contributed by atoms with Gasteiger partial charge in [0.2, 0.25) is 0 Å². The van der Waals surface area contributed by atoms with Crippen LogP contribution in [0.15, 0.2) is 18.2 Å². The van der Waals surface area contributed by atoms with Crippen LogP contribution in [-0.2, 0) is 4.74 Å². The van der Waals surface area contributed by atoms with Gasteiger partial charge in [-0.15, -0.1) is 0 Å². The van der Waals surface area contributed by atoms with Crippen molar-refractivity contribution >= 4 is 11.6 Å². The maximum absolute atomic E-state index is 12.2. The number of hydrogen-bond donors (Lipinski definition) is 2. The molecule has 1 aromatic rings. The molecule has 0 aromatic heterocycles. The predicted octanol–water partition coefficient (Wildman–Crippen LogP) is 1.49. The van der Waals surface area contributed by atoms with E-state index in [-0.39, 0.29) is 12.0 Å². The zero-order valence-electron chi connectivity index (χ0n) is 13.1. The SMILES string of the molecule is CCN1CCOC(CNC(=O)c2ccc(NC)c(C)c2)C1. The summed E-state index contributed by atoms with van der Waals surface area (Å²) in [4.78, 5) is 14.5. The first kappa shape index (κ1) is 15.8. The Kier molecular flexibility index (Phi) is 5.59. The molecule has 1 aliphatic heterocycles. The number of nitrogens with one attached hydrogen (secondary N) is 2. The summed E-state index contributed by atoms with van der Waals surface area (Å²) < 4.78 is 5.69. The van der Waals surface area contributed by atoms with Crippen LogP contribution in [0.1, 0.15) is 22.8 Å². The van der Waals surface area contributed by atoms with Crippen molar-refractivity contribution in [2.75, 3.05) is 45.2 Å². The highest BCUT2D eigenvalue weighted by Crippen LogP contribution is 2.15. The minimum atomic E-state index is -0.0435. The molecule has 1 atom stereocenters. The van der Waals surface area contributed by atoms with Crippen LogP contribution in [-0.4, -0.2) is 56.7 Å².